The molecule has 6 heteroatoms. The van der Waals surface area contributed by atoms with Crippen molar-refractivity contribution < 1.29 is 24.2 Å². The predicted octanol–water partition coefficient (Wildman–Crippen LogP) is 1.79. The summed E-state index contributed by atoms with van der Waals surface area (Å²) in [6, 6.07) is 6.99. The first-order valence-corrected chi connectivity index (χ1v) is 8.00. The summed E-state index contributed by atoms with van der Waals surface area (Å²) in [7, 11) is 0. The maximum atomic E-state index is 12.4. The Morgan fingerprint density at radius 3 is 2.65 bits per heavy atom. The summed E-state index contributed by atoms with van der Waals surface area (Å²) < 4.78 is 11.2. The van der Waals surface area contributed by atoms with Gasteiger partial charge in [-0.2, -0.15) is 0 Å². The molecule has 1 aromatic carbocycles. The smallest absolute Gasteiger partial charge is 0.308 e. The lowest BCUT2D eigenvalue weighted by Crippen LogP contribution is -2.29. The Morgan fingerprint density at radius 2 is 2.04 bits per heavy atom. The molecule has 124 valence electrons. The largest absolute Gasteiger partial charge is 0.491 e. The topological polar surface area (TPSA) is 76.1 Å². The van der Waals surface area contributed by atoms with Gasteiger partial charge >= 0.3 is 5.97 Å². The SMILES string of the molecule is O=C(O)[C@H]1CCN(C(=O)c2ccc(OC[C@H]3CCCO3)cc2)C1. The molecule has 2 heterocycles. The van der Waals surface area contributed by atoms with Crippen LogP contribution in [0.25, 0.3) is 0 Å². The quantitative estimate of drug-likeness (QED) is 0.895. The fourth-order valence-corrected chi connectivity index (χ4v) is 2.99. The van der Waals surface area contributed by atoms with Crippen LogP contribution in [0.3, 0.4) is 0 Å². The highest BCUT2D eigenvalue weighted by atomic mass is 16.5. The van der Waals surface area contributed by atoms with Gasteiger partial charge < -0.3 is 19.5 Å². The fraction of sp³-hybridized carbons (Fsp3) is 0.529. The highest BCUT2D eigenvalue weighted by Crippen LogP contribution is 2.21. The Morgan fingerprint density at radius 1 is 1.26 bits per heavy atom. The third-order valence-electron chi connectivity index (χ3n) is 4.39. The van der Waals surface area contributed by atoms with Gasteiger partial charge in [-0.1, -0.05) is 0 Å². The second-order valence-corrected chi connectivity index (χ2v) is 6.05. The van der Waals surface area contributed by atoms with Crippen molar-refractivity contribution >= 4 is 11.9 Å². The van der Waals surface area contributed by atoms with E-state index in [0.717, 1.165) is 19.4 Å². The van der Waals surface area contributed by atoms with Gasteiger partial charge in [-0.05, 0) is 43.5 Å². The summed E-state index contributed by atoms with van der Waals surface area (Å²) >= 11 is 0. The number of hydrogen-bond donors (Lipinski definition) is 1. The average Bonchev–Trinajstić information content (AvgIpc) is 3.24. The van der Waals surface area contributed by atoms with Gasteiger partial charge in [0, 0.05) is 25.3 Å². The molecule has 0 saturated carbocycles. The van der Waals surface area contributed by atoms with Crippen molar-refractivity contribution in [2.24, 2.45) is 5.92 Å². The Balaban J connectivity index is 1.54. The first-order chi connectivity index (χ1) is 11.1. The maximum Gasteiger partial charge on any atom is 0.308 e. The van der Waals surface area contributed by atoms with Crippen LogP contribution >= 0.6 is 0 Å². The van der Waals surface area contributed by atoms with Crippen LogP contribution in [0.1, 0.15) is 29.6 Å². The lowest BCUT2D eigenvalue weighted by atomic mass is 10.1. The normalized spacial score (nSPS) is 23.9. The first-order valence-electron chi connectivity index (χ1n) is 8.00. The molecular weight excluding hydrogens is 298 g/mol. The lowest BCUT2D eigenvalue weighted by Gasteiger charge is -2.16. The molecule has 2 aliphatic heterocycles. The van der Waals surface area contributed by atoms with Gasteiger partial charge in [0.15, 0.2) is 0 Å². The van der Waals surface area contributed by atoms with E-state index in [9.17, 15) is 9.59 Å². The minimum absolute atomic E-state index is 0.126. The number of ether oxygens (including phenoxy) is 2. The van der Waals surface area contributed by atoms with E-state index in [1.807, 2.05) is 0 Å². The molecule has 6 nitrogen and oxygen atoms in total. The molecule has 0 aliphatic carbocycles. The van der Waals surface area contributed by atoms with E-state index in [-0.39, 0.29) is 18.6 Å². The third-order valence-corrected chi connectivity index (χ3v) is 4.39. The van der Waals surface area contributed by atoms with Crippen molar-refractivity contribution in [3.8, 4) is 5.75 Å². The molecule has 23 heavy (non-hydrogen) atoms. The number of carboxylic acid groups (broad SMARTS) is 1. The maximum absolute atomic E-state index is 12.4. The summed E-state index contributed by atoms with van der Waals surface area (Å²) in [4.78, 5) is 24.9. The van der Waals surface area contributed by atoms with Crippen LogP contribution in [0.5, 0.6) is 5.75 Å². The van der Waals surface area contributed by atoms with Crippen LogP contribution in [0, 0.1) is 5.92 Å². The number of aliphatic carboxylic acids is 1. The second-order valence-electron chi connectivity index (χ2n) is 6.05. The molecule has 2 aliphatic rings. The number of nitrogens with zero attached hydrogens (tertiary/aromatic N) is 1. The summed E-state index contributed by atoms with van der Waals surface area (Å²) in [6.45, 7) is 2.10. The second kappa shape index (κ2) is 7.00. The minimum Gasteiger partial charge on any atom is -0.491 e. The Labute approximate surface area is 135 Å². The number of likely N-dealkylation sites (tertiary alicyclic amines) is 1. The zero-order valence-electron chi connectivity index (χ0n) is 12.9. The summed E-state index contributed by atoms with van der Waals surface area (Å²) in [5.41, 5.74) is 0.556. The summed E-state index contributed by atoms with van der Waals surface area (Å²) in [5.74, 6) is -0.701. The van der Waals surface area contributed by atoms with E-state index in [1.165, 1.54) is 0 Å². The van der Waals surface area contributed by atoms with Gasteiger partial charge in [-0.15, -0.1) is 0 Å². The standard InChI is InChI=1S/C17H21NO5/c19-16(18-8-7-13(10-18)17(20)21)12-3-5-14(6-4-12)23-11-15-2-1-9-22-15/h3-6,13,15H,1-2,7-11H2,(H,20,21)/t13-,15+/m0/s1. The zero-order chi connectivity index (χ0) is 16.2. The number of hydrogen-bond acceptors (Lipinski definition) is 4. The Hall–Kier alpha value is -2.08. The van der Waals surface area contributed by atoms with Crippen molar-refractivity contribution in [3.63, 3.8) is 0 Å². The van der Waals surface area contributed by atoms with Gasteiger partial charge in [0.25, 0.3) is 5.91 Å². The molecule has 1 amide bonds. The van der Waals surface area contributed by atoms with Gasteiger partial charge in [0.05, 0.1) is 12.0 Å². The van der Waals surface area contributed by atoms with Crippen LogP contribution in [-0.2, 0) is 9.53 Å². The zero-order valence-corrected chi connectivity index (χ0v) is 12.9. The van der Waals surface area contributed by atoms with E-state index in [0.29, 0.717) is 30.9 Å². The van der Waals surface area contributed by atoms with E-state index >= 15 is 0 Å². The molecule has 0 bridgehead atoms. The molecule has 1 aromatic rings. The monoisotopic (exact) mass is 319 g/mol. The summed E-state index contributed by atoms with van der Waals surface area (Å²) in [6.07, 6.45) is 2.78. The van der Waals surface area contributed by atoms with E-state index in [1.54, 1.807) is 29.2 Å². The van der Waals surface area contributed by atoms with Crippen LogP contribution in [0.4, 0.5) is 0 Å². The molecule has 2 fully saturated rings. The molecule has 0 spiro atoms. The van der Waals surface area contributed by atoms with Crippen LogP contribution in [0.2, 0.25) is 0 Å². The van der Waals surface area contributed by atoms with E-state index in [2.05, 4.69) is 0 Å². The Bertz CT molecular complexity index is 565. The number of carbonyl (C=O) groups excluding carboxylic acids is 1. The first kappa shape index (κ1) is 15.8. The molecule has 0 unspecified atom stereocenters. The molecule has 0 radical (unpaired) electrons. The Kier molecular flexibility index (Phi) is 4.81. The van der Waals surface area contributed by atoms with Crippen LogP contribution in [-0.4, -0.2) is 54.3 Å². The lowest BCUT2D eigenvalue weighted by molar-refractivity contribution is -0.141. The molecule has 1 N–H and O–H groups in total. The van der Waals surface area contributed by atoms with Gasteiger partial charge in [0.2, 0.25) is 0 Å². The number of amides is 1. The minimum atomic E-state index is -0.835. The van der Waals surface area contributed by atoms with E-state index in [4.69, 9.17) is 14.6 Å². The molecule has 2 saturated heterocycles. The van der Waals surface area contributed by atoms with Gasteiger partial charge in [-0.3, -0.25) is 9.59 Å². The molecular formula is C17H21NO5. The number of benzene rings is 1. The van der Waals surface area contributed by atoms with Crippen LogP contribution in [0.15, 0.2) is 24.3 Å². The van der Waals surface area contributed by atoms with Crippen molar-refractivity contribution in [3.05, 3.63) is 29.8 Å². The fourth-order valence-electron chi connectivity index (χ4n) is 2.99. The van der Waals surface area contributed by atoms with Crippen LogP contribution < -0.4 is 4.74 Å². The van der Waals surface area contributed by atoms with E-state index < -0.39 is 11.9 Å². The third kappa shape index (κ3) is 3.82. The molecule has 2 atom stereocenters. The van der Waals surface area contributed by atoms with Gasteiger partial charge in [0.1, 0.15) is 12.4 Å². The summed E-state index contributed by atoms with van der Waals surface area (Å²) in [5, 5.41) is 9.00. The van der Waals surface area contributed by atoms with Crippen molar-refractivity contribution in [1.82, 2.24) is 4.90 Å². The number of carbonyl (C=O) groups is 2. The van der Waals surface area contributed by atoms with Gasteiger partial charge in [-0.25, -0.2) is 0 Å². The number of carboxylic acids is 1. The average molecular weight is 319 g/mol. The highest BCUT2D eigenvalue weighted by molar-refractivity contribution is 5.94. The van der Waals surface area contributed by atoms with Crippen molar-refractivity contribution in [1.29, 1.82) is 0 Å². The predicted molar refractivity (Wildman–Crippen MR) is 82.6 cm³/mol. The van der Waals surface area contributed by atoms with Crippen molar-refractivity contribution in [2.75, 3.05) is 26.3 Å². The number of rotatable bonds is 5. The van der Waals surface area contributed by atoms with Crippen molar-refractivity contribution in [2.45, 2.75) is 25.4 Å². The highest BCUT2D eigenvalue weighted by Gasteiger charge is 2.31. The molecule has 0 aromatic heterocycles. The molecule has 3 rings (SSSR count).